The molecule has 0 amide bonds. The quantitative estimate of drug-likeness (QED) is 0.0856. The summed E-state index contributed by atoms with van der Waals surface area (Å²) in [5.74, 6) is 1.56. The van der Waals surface area contributed by atoms with Gasteiger partial charge < -0.3 is 0 Å². The summed E-state index contributed by atoms with van der Waals surface area (Å²) in [7, 11) is 0. The van der Waals surface area contributed by atoms with Crippen LogP contribution in [0.5, 0.6) is 0 Å². The van der Waals surface area contributed by atoms with Gasteiger partial charge >= 0.3 is 0 Å². The molecular weight excluding hydrogens is 460 g/mol. The van der Waals surface area contributed by atoms with E-state index in [1.54, 1.807) is 5.82 Å². The fraction of sp³-hybridized carbons (Fsp3) is 0.750. The van der Waals surface area contributed by atoms with Gasteiger partial charge in [0.1, 0.15) is 12.4 Å². The van der Waals surface area contributed by atoms with E-state index >= 15 is 0 Å². The maximum atomic E-state index is 2.58. The summed E-state index contributed by atoms with van der Waals surface area (Å²) in [6, 6.07) is 11.0. The van der Waals surface area contributed by atoms with Crippen LogP contribution >= 0.6 is 0 Å². The standard InChI is InChI=1S/C36H63N2/c1-3-5-7-9-10-11-12-13-14-15-16-17-18-19-20-25-31-37-33-34-38(36(37)30-24-8-6-4-2)32-26-29-35-27-22-21-23-28-35/h21-23,27-28,33-34H,3-20,24-26,29-32H2,1-2H3/q+1. The van der Waals surface area contributed by atoms with Crippen LogP contribution in [0.25, 0.3) is 0 Å². The highest BCUT2D eigenvalue weighted by molar-refractivity contribution is 5.14. The van der Waals surface area contributed by atoms with Crippen LogP contribution in [0.4, 0.5) is 0 Å². The predicted octanol–water partition coefficient (Wildman–Crippen LogP) is 10.8. The molecule has 0 radical (unpaired) electrons. The maximum absolute atomic E-state index is 2.58. The third-order valence-electron chi connectivity index (χ3n) is 8.30. The van der Waals surface area contributed by atoms with Crippen LogP contribution in [0, 0.1) is 0 Å². The second kappa shape index (κ2) is 23.3. The molecule has 1 aromatic heterocycles. The summed E-state index contributed by atoms with van der Waals surface area (Å²) in [5.41, 5.74) is 1.46. The van der Waals surface area contributed by atoms with Gasteiger partial charge in [-0.15, -0.1) is 0 Å². The second-order valence-corrected chi connectivity index (χ2v) is 11.8. The van der Waals surface area contributed by atoms with Crippen molar-refractivity contribution in [3.8, 4) is 0 Å². The Labute approximate surface area is 237 Å². The SMILES string of the molecule is CCCCCCCCCCCCCCCCCCn1cc[n+](CCCc2ccccc2)c1CCCCCC. The van der Waals surface area contributed by atoms with Gasteiger partial charge in [-0.2, -0.15) is 0 Å². The molecule has 216 valence electrons. The van der Waals surface area contributed by atoms with Crippen molar-refractivity contribution in [2.75, 3.05) is 0 Å². The smallest absolute Gasteiger partial charge is 0.234 e. The third-order valence-corrected chi connectivity index (χ3v) is 8.30. The Morgan fingerprint density at radius 3 is 1.58 bits per heavy atom. The first-order chi connectivity index (χ1) is 18.8. The van der Waals surface area contributed by atoms with E-state index in [0.29, 0.717) is 0 Å². The molecule has 0 aliphatic carbocycles. The van der Waals surface area contributed by atoms with Crippen LogP contribution in [-0.2, 0) is 25.9 Å². The zero-order valence-electron chi connectivity index (χ0n) is 25.6. The van der Waals surface area contributed by atoms with Gasteiger partial charge in [0.15, 0.2) is 0 Å². The average molecular weight is 524 g/mol. The van der Waals surface area contributed by atoms with Crippen LogP contribution < -0.4 is 4.57 Å². The number of aryl methyl sites for hydroxylation is 3. The van der Waals surface area contributed by atoms with Crippen molar-refractivity contribution >= 4 is 0 Å². The number of benzene rings is 1. The number of hydrogen-bond acceptors (Lipinski definition) is 0. The molecule has 1 aromatic carbocycles. The number of rotatable bonds is 26. The van der Waals surface area contributed by atoms with Crippen molar-refractivity contribution in [2.24, 2.45) is 0 Å². The summed E-state index contributed by atoms with van der Waals surface area (Å²) in [4.78, 5) is 0. The molecule has 2 aromatic rings. The Hall–Kier alpha value is -1.57. The van der Waals surface area contributed by atoms with Crippen LogP contribution in [0.15, 0.2) is 42.7 Å². The minimum Gasteiger partial charge on any atom is -0.234 e. The number of imidazole rings is 1. The molecule has 2 heteroatoms. The highest BCUT2D eigenvalue weighted by Crippen LogP contribution is 2.14. The molecule has 0 bridgehead atoms. The fourth-order valence-electron chi connectivity index (χ4n) is 5.83. The number of nitrogens with zero attached hydrogens (tertiary/aromatic N) is 2. The van der Waals surface area contributed by atoms with Gasteiger partial charge in [0.05, 0.1) is 13.1 Å². The minimum absolute atomic E-state index is 1.14. The molecule has 0 aliphatic rings. The van der Waals surface area contributed by atoms with E-state index in [9.17, 15) is 0 Å². The lowest BCUT2D eigenvalue weighted by atomic mass is 10.0. The van der Waals surface area contributed by atoms with Gasteiger partial charge in [0.2, 0.25) is 0 Å². The van der Waals surface area contributed by atoms with E-state index < -0.39 is 0 Å². The molecule has 0 atom stereocenters. The van der Waals surface area contributed by atoms with Crippen molar-refractivity contribution < 1.29 is 4.57 Å². The Kier molecular flexibility index (Phi) is 20.0. The zero-order chi connectivity index (χ0) is 26.9. The largest absolute Gasteiger partial charge is 0.256 e. The maximum Gasteiger partial charge on any atom is 0.256 e. The fourth-order valence-corrected chi connectivity index (χ4v) is 5.83. The topological polar surface area (TPSA) is 8.81 Å². The van der Waals surface area contributed by atoms with Gasteiger partial charge in [-0.05, 0) is 37.7 Å². The molecule has 0 saturated carbocycles. The van der Waals surface area contributed by atoms with E-state index in [1.165, 1.54) is 160 Å². The number of unbranched alkanes of at least 4 members (excludes halogenated alkanes) is 18. The first-order valence-corrected chi connectivity index (χ1v) is 17.0. The normalized spacial score (nSPS) is 11.4. The van der Waals surface area contributed by atoms with Crippen molar-refractivity contribution in [3.05, 3.63) is 54.1 Å². The Morgan fingerprint density at radius 1 is 0.526 bits per heavy atom. The summed E-state index contributed by atoms with van der Waals surface area (Å²) >= 11 is 0. The average Bonchev–Trinajstić information content (AvgIpc) is 3.32. The summed E-state index contributed by atoms with van der Waals surface area (Å²) in [5, 5.41) is 0. The zero-order valence-corrected chi connectivity index (χ0v) is 25.6. The Balaban J connectivity index is 1.55. The lowest BCUT2D eigenvalue weighted by Crippen LogP contribution is -2.37. The lowest BCUT2D eigenvalue weighted by Gasteiger charge is -2.07. The van der Waals surface area contributed by atoms with E-state index in [-0.39, 0.29) is 0 Å². The van der Waals surface area contributed by atoms with E-state index in [2.05, 4.69) is 65.7 Å². The highest BCUT2D eigenvalue weighted by atomic mass is 15.1. The van der Waals surface area contributed by atoms with E-state index in [0.717, 1.165) is 6.54 Å². The van der Waals surface area contributed by atoms with Crippen LogP contribution in [-0.4, -0.2) is 4.57 Å². The molecular formula is C36H63N2+. The van der Waals surface area contributed by atoms with Crippen molar-refractivity contribution in [3.63, 3.8) is 0 Å². The lowest BCUT2D eigenvalue weighted by molar-refractivity contribution is -0.704. The van der Waals surface area contributed by atoms with E-state index in [4.69, 9.17) is 0 Å². The molecule has 0 unspecified atom stereocenters. The van der Waals surface area contributed by atoms with Crippen LogP contribution in [0.1, 0.15) is 160 Å². The van der Waals surface area contributed by atoms with Gasteiger partial charge in [-0.25, -0.2) is 9.13 Å². The van der Waals surface area contributed by atoms with Crippen molar-refractivity contribution in [2.45, 2.75) is 175 Å². The van der Waals surface area contributed by atoms with Crippen molar-refractivity contribution in [1.29, 1.82) is 0 Å². The molecule has 0 aliphatic heterocycles. The van der Waals surface area contributed by atoms with Crippen LogP contribution in [0.2, 0.25) is 0 Å². The summed E-state index contributed by atoms with van der Waals surface area (Å²) in [6.45, 7) is 6.96. The Bertz CT molecular complexity index is 763. The van der Waals surface area contributed by atoms with Crippen molar-refractivity contribution in [1.82, 2.24) is 4.57 Å². The number of hydrogen-bond donors (Lipinski definition) is 0. The molecule has 2 nitrogen and oxygen atoms in total. The van der Waals surface area contributed by atoms with Gasteiger partial charge in [-0.1, -0.05) is 153 Å². The highest BCUT2D eigenvalue weighted by Gasteiger charge is 2.16. The minimum atomic E-state index is 1.14. The third kappa shape index (κ3) is 15.7. The first-order valence-electron chi connectivity index (χ1n) is 17.0. The monoisotopic (exact) mass is 523 g/mol. The molecule has 0 spiro atoms. The van der Waals surface area contributed by atoms with Gasteiger partial charge in [0, 0.05) is 6.42 Å². The molecule has 38 heavy (non-hydrogen) atoms. The van der Waals surface area contributed by atoms with Gasteiger partial charge in [-0.3, -0.25) is 0 Å². The Morgan fingerprint density at radius 2 is 1.03 bits per heavy atom. The van der Waals surface area contributed by atoms with Crippen LogP contribution in [0.3, 0.4) is 0 Å². The molecule has 0 N–H and O–H groups in total. The molecule has 1 heterocycles. The first kappa shape index (κ1) is 32.6. The summed E-state index contributed by atoms with van der Waals surface area (Å²) in [6.07, 6.45) is 36.7. The van der Waals surface area contributed by atoms with Gasteiger partial charge in [0.25, 0.3) is 5.82 Å². The molecule has 0 fully saturated rings. The summed E-state index contributed by atoms with van der Waals surface area (Å²) < 4.78 is 5.14. The van der Waals surface area contributed by atoms with E-state index in [1.807, 2.05) is 0 Å². The second-order valence-electron chi connectivity index (χ2n) is 11.8. The predicted molar refractivity (Wildman–Crippen MR) is 167 cm³/mol. The molecule has 0 saturated heterocycles. The molecule has 2 rings (SSSR count). The number of aromatic nitrogens is 2.